The lowest BCUT2D eigenvalue weighted by Crippen LogP contribution is -2.25. The van der Waals surface area contributed by atoms with Gasteiger partial charge in [0.2, 0.25) is 0 Å². The maximum Gasteiger partial charge on any atom is 0.144 e. The van der Waals surface area contributed by atoms with E-state index in [1.165, 1.54) is 0 Å². The molecular formula is C11H17ClN2. The van der Waals surface area contributed by atoms with Crippen LogP contribution in [0, 0.1) is 5.92 Å². The maximum atomic E-state index is 6.00. The molecule has 0 aliphatic heterocycles. The van der Waals surface area contributed by atoms with Crippen LogP contribution in [-0.2, 0) is 0 Å². The maximum absolute atomic E-state index is 6.00. The summed E-state index contributed by atoms with van der Waals surface area (Å²) in [5, 5.41) is 4.04. The minimum Gasteiger partial charge on any atom is -0.366 e. The minimum absolute atomic E-state index is 0.433. The molecular weight excluding hydrogens is 196 g/mol. The smallest absolute Gasteiger partial charge is 0.144 e. The Morgan fingerprint density at radius 1 is 1.50 bits per heavy atom. The third kappa shape index (κ3) is 2.88. The van der Waals surface area contributed by atoms with Crippen molar-refractivity contribution in [2.24, 2.45) is 5.92 Å². The molecule has 0 spiro atoms. The van der Waals surface area contributed by atoms with E-state index in [-0.39, 0.29) is 0 Å². The molecule has 3 heteroatoms. The molecule has 1 N–H and O–H groups in total. The minimum atomic E-state index is 0.433. The quantitative estimate of drug-likeness (QED) is 0.825. The second-order valence-electron chi connectivity index (χ2n) is 3.74. The van der Waals surface area contributed by atoms with Crippen molar-refractivity contribution in [3.05, 3.63) is 23.4 Å². The molecule has 0 aromatic carbocycles. The van der Waals surface area contributed by atoms with Gasteiger partial charge in [0.25, 0.3) is 0 Å². The van der Waals surface area contributed by atoms with Crippen LogP contribution < -0.4 is 5.32 Å². The molecule has 1 aromatic heterocycles. The van der Waals surface area contributed by atoms with Gasteiger partial charge in [-0.1, -0.05) is 32.4 Å². The Labute approximate surface area is 90.7 Å². The Kier molecular flexibility index (Phi) is 4.21. The van der Waals surface area contributed by atoms with Gasteiger partial charge >= 0.3 is 0 Å². The molecule has 78 valence electrons. The van der Waals surface area contributed by atoms with Gasteiger partial charge in [0.15, 0.2) is 0 Å². The Morgan fingerprint density at radius 3 is 2.71 bits per heavy atom. The van der Waals surface area contributed by atoms with Gasteiger partial charge < -0.3 is 5.32 Å². The topological polar surface area (TPSA) is 24.9 Å². The summed E-state index contributed by atoms with van der Waals surface area (Å²) < 4.78 is 0. The van der Waals surface area contributed by atoms with Crippen LogP contribution in [0.5, 0.6) is 0 Å². The first-order valence-corrected chi connectivity index (χ1v) is 5.40. The van der Waals surface area contributed by atoms with Gasteiger partial charge in [-0.2, -0.15) is 0 Å². The van der Waals surface area contributed by atoms with Crippen molar-refractivity contribution in [2.45, 2.75) is 33.2 Å². The molecule has 0 saturated carbocycles. The van der Waals surface area contributed by atoms with Crippen LogP contribution in [0.3, 0.4) is 0 Å². The molecule has 0 amide bonds. The van der Waals surface area contributed by atoms with Gasteiger partial charge in [0.1, 0.15) is 5.82 Å². The van der Waals surface area contributed by atoms with Gasteiger partial charge in [0, 0.05) is 12.2 Å². The summed E-state index contributed by atoms with van der Waals surface area (Å²) in [6.07, 6.45) is 2.83. The molecule has 2 nitrogen and oxygen atoms in total. The van der Waals surface area contributed by atoms with E-state index in [0.29, 0.717) is 17.0 Å². The lowest BCUT2D eigenvalue weighted by atomic mass is 10.0. The second kappa shape index (κ2) is 5.20. The van der Waals surface area contributed by atoms with Crippen molar-refractivity contribution in [1.29, 1.82) is 0 Å². The third-order valence-electron chi connectivity index (χ3n) is 2.33. The molecule has 0 fully saturated rings. The highest BCUT2D eigenvalue weighted by Crippen LogP contribution is 2.20. The zero-order valence-electron chi connectivity index (χ0n) is 8.92. The van der Waals surface area contributed by atoms with Crippen LogP contribution in [0.15, 0.2) is 18.3 Å². The predicted octanol–water partition coefficient (Wildman–Crippen LogP) is 3.58. The molecule has 1 unspecified atom stereocenters. The van der Waals surface area contributed by atoms with Crippen LogP contribution in [-0.4, -0.2) is 11.0 Å². The van der Waals surface area contributed by atoms with Crippen LogP contribution in [0.4, 0.5) is 5.82 Å². The Hall–Kier alpha value is -0.760. The van der Waals surface area contributed by atoms with Crippen molar-refractivity contribution >= 4 is 17.4 Å². The number of nitrogens with zero attached hydrogens (tertiary/aromatic N) is 1. The number of nitrogens with one attached hydrogen (secondary N) is 1. The predicted molar refractivity (Wildman–Crippen MR) is 61.8 cm³/mol. The Balaban J connectivity index is 2.72. The molecule has 0 bridgehead atoms. The first-order valence-electron chi connectivity index (χ1n) is 5.02. The molecule has 1 aromatic rings. The summed E-state index contributed by atoms with van der Waals surface area (Å²) >= 11 is 6.00. The highest BCUT2D eigenvalue weighted by Gasteiger charge is 2.12. The Morgan fingerprint density at radius 2 is 2.21 bits per heavy atom. The highest BCUT2D eigenvalue weighted by molar-refractivity contribution is 6.32. The summed E-state index contributed by atoms with van der Waals surface area (Å²) in [6.45, 7) is 6.55. The standard InChI is InChI=1S/C11H17ClN2/c1-4-10(8(2)3)14-11-9(12)6-5-7-13-11/h5-8,10H,4H2,1-3H3,(H,13,14). The number of hydrogen-bond acceptors (Lipinski definition) is 2. The molecule has 0 radical (unpaired) electrons. The number of pyridine rings is 1. The number of rotatable bonds is 4. The SMILES string of the molecule is CCC(Nc1ncccc1Cl)C(C)C. The van der Waals surface area contributed by atoms with Crippen molar-refractivity contribution < 1.29 is 0 Å². The fourth-order valence-corrected chi connectivity index (χ4v) is 1.58. The van der Waals surface area contributed by atoms with Crippen LogP contribution in [0.2, 0.25) is 5.02 Å². The fraction of sp³-hybridized carbons (Fsp3) is 0.545. The largest absolute Gasteiger partial charge is 0.366 e. The van der Waals surface area contributed by atoms with Crippen molar-refractivity contribution in [1.82, 2.24) is 4.98 Å². The summed E-state index contributed by atoms with van der Waals surface area (Å²) in [6, 6.07) is 4.12. The zero-order chi connectivity index (χ0) is 10.6. The summed E-state index contributed by atoms with van der Waals surface area (Å²) in [5.41, 5.74) is 0. The van der Waals surface area contributed by atoms with E-state index in [9.17, 15) is 0 Å². The van der Waals surface area contributed by atoms with E-state index in [1.807, 2.05) is 12.1 Å². The summed E-state index contributed by atoms with van der Waals surface area (Å²) in [4.78, 5) is 4.21. The van der Waals surface area contributed by atoms with Gasteiger partial charge in [-0.3, -0.25) is 0 Å². The molecule has 0 aliphatic rings. The van der Waals surface area contributed by atoms with E-state index in [2.05, 4.69) is 31.1 Å². The average Bonchev–Trinajstić information content (AvgIpc) is 2.16. The molecule has 0 aliphatic carbocycles. The van der Waals surface area contributed by atoms with Gasteiger partial charge in [-0.05, 0) is 24.5 Å². The molecule has 1 atom stereocenters. The first kappa shape index (κ1) is 11.3. The van der Waals surface area contributed by atoms with Gasteiger partial charge in [-0.15, -0.1) is 0 Å². The van der Waals surface area contributed by atoms with Crippen molar-refractivity contribution in [2.75, 3.05) is 5.32 Å². The molecule has 14 heavy (non-hydrogen) atoms. The number of aromatic nitrogens is 1. The monoisotopic (exact) mass is 212 g/mol. The van der Waals surface area contributed by atoms with E-state index in [0.717, 1.165) is 12.2 Å². The van der Waals surface area contributed by atoms with Crippen molar-refractivity contribution in [3.8, 4) is 0 Å². The van der Waals surface area contributed by atoms with Crippen LogP contribution in [0.1, 0.15) is 27.2 Å². The number of anilines is 1. The van der Waals surface area contributed by atoms with E-state index < -0.39 is 0 Å². The van der Waals surface area contributed by atoms with Crippen LogP contribution >= 0.6 is 11.6 Å². The Bertz CT molecular complexity index is 286. The van der Waals surface area contributed by atoms with E-state index >= 15 is 0 Å². The summed E-state index contributed by atoms with van der Waals surface area (Å²) in [7, 11) is 0. The first-order chi connectivity index (χ1) is 6.65. The van der Waals surface area contributed by atoms with Crippen molar-refractivity contribution in [3.63, 3.8) is 0 Å². The second-order valence-corrected chi connectivity index (χ2v) is 4.14. The average molecular weight is 213 g/mol. The molecule has 1 heterocycles. The molecule has 1 rings (SSSR count). The third-order valence-corrected chi connectivity index (χ3v) is 2.63. The van der Waals surface area contributed by atoms with E-state index in [4.69, 9.17) is 11.6 Å². The zero-order valence-corrected chi connectivity index (χ0v) is 9.67. The number of hydrogen-bond donors (Lipinski definition) is 1. The molecule has 0 saturated heterocycles. The van der Waals surface area contributed by atoms with Gasteiger partial charge in [-0.25, -0.2) is 4.98 Å². The van der Waals surface area contributed by atoms with Gasteiger partial charge in [0.05, 0.1) is 5.02 Å². The number of halogens is 1. The highest BCUT2D eigenvalue weighted by atomic mass is 35.5. The lowest BCUT2D eigenvalue weighted by molar-refractivity contribution is 0.510. The summed E-state index contributed by atoms with van der Waals surface area (Å²) in [5.74, 6) is 1.37. The normalized spacial score (nSPS) is 12.9. The van der Waals surface area contributed by atoms with E-state index in [1.54, 1.807) is 6.20 Å². The lowest BCUT2D eigenvalue weighted by Gasteiger charge is -2.21. The fourth-order valence-electron chi connectivity index (χ4n) is 1.41. The van der Waals surface area contributed by atoms with Crippen LogP contribution in [0.25, 0.3) is 0 Å².